The standard InChI is InChI=1S/C15H28O8.C5H12O4/c1-3-14(5-16,6-17)11-23-13(21)12(2)4-22-10-15(7-18,8-19)9-20;6-1-5(2-7,3-8)4-9/h4,16-20H,3,5-11H2,1-2H3;6-9H,1-4H2. The molecule has 0 spiro atoms. The molecule has 0 aromatic rings. The number of hydrogen-bond acceptors (Lipinski definition) is 12. The van der Waals surface area contributed by atoms with Gasteiger partial charge in [-0.3, -0.25) is 0 Å². The van der Waals surface area contributed by atoms with Gasteiger partial charge in [-0.2, -0.15) is 0 Å². The lowest BCUT2D eigenvalue weighted by Crippen LogP contribution is -2.38. The molecule has 192 valence electrons. The van der Waals surface area contributed by atoms with E-state index in [0.717, 1.165) is 6.26 Å². The summed E-state index contributed by atoms with van der Waals surface area (Å²) < 4.78 is 10.2. The highest BCUT2D eigenvalue weighted by Crippen LogP contribution is 2.21. The van der Waals surface area contributed by atoms with E-state index in [2.05, 4.69) is 0 Å². The summed E-state index contributed by atoms with van der Waals surface area (Å²) in [5, 5.41) is 80.0. The molecular weight excluding hydrogens is 432 g/mol. The molecule has 0 saturated heterocycles. The van der Waals surface area contributed by atoms with E-state index >= 15 is 0 Å². The first kappa shape index (κ1) is 32.8. The average Bonchev–Trinajstić information content (AvgIpc) is 2.85. The molecule has 0 aliphatic carbocycles. The molecule has 0 rings (SSSR count). The van der Waals surface area contributed by atoms with Gasteiger partial charge in [0.2, 0.25) is 0 Å². The molecule has 0 saturated carbocycles. The molecule has 0 aromatic carbocycles. The Morgan fingerprint density at radius 3 is 1.31 bits per heavy atom. The first-order valence-electron chi connectivity index (χ1n) is 10.1. The van der Waals surface area contributed by atoms with E-state index in [1.54, 1.807) is 6.92 Å². The second kappa shape index (κ2) is 17.2. The Labute approximate surface area is 188 Å². The molecule has 9 N–H and O–H groups in total. The molecule has 0 aliphatic heterocycles. The summed E-state index contributed by atoms with van der Waals surface area (Å²) in [6.07, 6.45) is 1.56. The third kappa shape index (κ3) is 10.5. The van der Waals surface area contributed by atoms with Gasteiger partial charge in [-0.25, -0.2) is 4.79 Å². The Bertz CT molecular complexity index is 477. The normalized spacial score (nSPS) is 12.8. The molecule has 0 radical (unpaired) electrons. The van der Waals surface area contributed by atoms with Crippen molar-refractivity contribution in [2.24, 2.45) is 16.2 Å². The largest absolute Gasteiger partial charge is 0.500 e. The summed E-state index contributed by atoms with van der Waals surface area (Å²) >= 11 is 0. The van der Waals surface area contributed by atoms with Gasteiger partial charge in [0.15, 0.2) is 0 Å². The topological polar surface area (TPSA) is 218 Å². The number of carbonyl (C=O) groups is 1. The van der Waals surface area contributed by atoms with Crippen LogP contribution in [0.1, 0.15) is 20.3 Å². The molecule has 0 bridgehead atoms. The Morgan fingerprint density at radius 2 is 1.03 bits per heavy atom. The number of aliphatic hydroxyl groups excluding tert-OH is 9. The van der Waals surface area contributed by atoms with Crippen LogP contribution in [0.2, 0.25) is 0 Å². The van der Waals surface area contributed by atoms with E-state index in [1.165, 1.54) is 6.92 Å². The van der Waals surface area contributed by atoms with Gasteiger partial charge in [0.1, 0.15) is 6.61 Å². The van der Waals surface area contributed by atoms with Gasteiger partial charge in [-0.15, -0.1) is 0 Å². The third-order valence-electron chi connectivity index (χ3n) is 5.25. The second-order valence-electron chi connectivity index (χ2n) is 7.96. The predicted octanol–water partition coefficient (Wildman–Crippen LogP) is -3.26. The van der Waals surface area contributed by atoms with Crippen LogP contribution in [0.4, 0.5) is 0 Å². The van der Waals surface area contributed by atoms with Crippen LogP contribution in [0.15, 0.2) is 11.8 Å². The summed E-state index contributed by atoms with van der Waals surface area (Å²) in [5.74, 6) is -0.674. The summed E-state index contributed by atoms with van der Waals surface area (Å²) in [5.41, 5.74) is -3.05. The highest BCUT2D eigenvalue weighted by Gasteiger charge is 2.30. The van der Waals surface area contributed by atoms with Crippen LogP contribution in [0, 0.1) is 16.2 Å². The lowest BCUT2D eigenvalue weighted by molar-refractivity contribution is -0.145. The maximum absolute atomic E-state index is 11.8. The molecule has 0 atom stereocenters. The summed E-state index contributed by atoms with van der Waals surface area (Å²) in [7, 11) is 0. The van der Waals surface area contributed by atoms with Crippen LogP contribution in [-0.4, -0.2) is 125 Å². The van der Waals surface area contributed by atoms with E-state index in [4.69, 9.17) is 45.2 Å². The molecule has 0 aromatic heterocycles. The molecule has 12 nitrogen and oxygen atoms in total. The van der Waals surface area contributed by atoms with Crippen LogP contribution >= 0.6 is 0 Å². The van der Waals surface area contributed by atoms with Gasteiger partial charge in [-0.1, -0.05) is 6.92 Å². The maximum atomic E-state index is 11.8. The van der Waals surface area contributed by atoms with Crippen molar-refractivity contribution in [3.63, 3.8) is 0 Å². The number of aliphatic hydroxyl groups is 9. The Morgan fingerprint density at radius 1 is 0.656 bits per heavy atom. The Kier molecular flexibility index (Phi) is 17.6. The van der Waals surface area contributed by atoms with E-state index in [1.807, 2.05) is 0 Å². The zero-order chi connectivity index (χ0) is 25.3. The molecule has 0 heterocycles. The van der Waals surface area contributed by atoms with E-state index in [9.17, 15) is 15.0 Å². The number of rotatable bonds is 16. The summed E-state index contributed by atoms with van der Waals surface area (Å²) in [6, 6.07) is 0. The van der Waals surface area contributed by atoms with Gasteiger partial charge in [0.05, 0.1) is 94.1 Å². The van der Waals surface area contributed by atoms with Crippen LogP contribution in [0.25, 0.3) is 0 Å². The van der Waals surface area contributed by atoms with Crippen LogP contribution < -0.4 is 0 Å². The molecule has 32 heavy (non-hydrogen) atoms. The zero-order valence-corrected chi connectivity index (χ0v) is 18.8. The van der Waals surface area contributed by atoms with Gasteiger partial charge in [-0.05, 0) is 13.3 Å². The van der Waals surface area contributed by atoms with Crippen LogP contribution in [0.3, 0.4) is 0 Å². The monoisotopic (exact) mass is 472 g/mol. The SMILES string of the molecule is CCC(CO)(CO)COC(=O)C(C)=COCC(CO)(CO)CO.OCC(CO)(CO)CO. The lowest BCUT2D eigenvalue weighted by Gasteiger charge is -2.27. The minimum absolute atomic E-state index is 0.131. The van der Waals surface area contributed by atoms with E-state index in [0.29, 0.717) is 6.42 Å². The van der Waals surface area contributed by atoms with Crippen LogP contribution in [0.5, 0.6) is 0 Å². The smallest absolute Gasteiger partial charge is 0.336 e. The first-order valence-corrected chi connectivity index (χ1v) is 10.1. The van der Waals surface area contributed by atoms with Crippen molar-refractivity contribution < 1.29 is 60.2 Å². The zero-order valence-electron chi connectivity index (χ0n) is 18.8. The lowest BCUT2D eigenvalue weighted by atomic mass is 9.88. The molecule has 0 aliphatic rings. The summed E-state index contributed by atoms with van der Waals surface area (Å²) in [6.45, 7) is -0.731. The molecule has 0 unspecified atom stereocenters. The Hall–Kier alpha value is -1.35. The van der Waals surface area contributed by atoms with Crippen molar-refractivity contribution >= 4 is 5.97 Å². The van der Waals surface area contributed by atoms with Crippen LogP contribution in [-0.2, 0) is 14.3 Å². The van der Waals surface area contributed by atoms with Crippen molar-refractivity contribution in [1.82, 2.24) is 0 Å². The van der Waals surface area contributed by atoms with Gasteiger partial charge >= 0.3 is 5.97 Å². The van der Waals surface area contributed by atoms with Crippen molar-refractivity contribution in [3.05, 3.63) is 11.8 Å². The fourth-order valence-electron chi connectivity index (χ4n) is 1.78. The number of ether oxygens (including phenoxy) is 2. The van der Waals surface area contributed by atoms with Gasteiger partial charge in [0.25, 0.3) is 0 Å². The first-order chi connectivity index (χ1) is 15.1. The summed E-state index contributed by atoms with van der Waals surface area (Å²) in [4.78, 5) is 11.8. The fraction of sp³-hybridized carbons (Fsp3) is 0.850. The van der Waals surface area contributed by atoms with Crippen molar-refractivity contribution in [2.45, 2.75) is 20.3 Å². The average molecular weight is 473 g/mol. The fourth-order valence-corrected chi connectivity index (χ4v) is 1.78. The van der Waals surface area contributed by atoms with E-state index < -0.39 is 68.5 Å². The van der Waals surface area contributed by atoms with Gasteiger partial charge < -0.3 is 55.4 Å². The van der Waals surface area contributed by atoms with Gasteiger partial charge in [0, 0.05) is 0 Å². The second-order valence-corrected chi connectivity index (χ2v) is 7.96. The van der Waals surface area contributed by atoms with Crippen molar-refractivity contribution in [3.8, 4) is 0 Å². The minimum atomic E-state index is -1.19. The molecular formula is C20H40O12. The Balaban J connectivity index is 0. The van der Waals surface area contributed by atoms with Crippen molar-refractivity contribution in [2.75, 3.05) is 72.7 Å². The quantitative estimate of drug-likeness (QED) is 0.0614. The minimum Gasteiger partial charge on any atom is -0.500 e. The van der Waals surface area contributed by atoms with E-state index in [-0.39, 0.29) is 32.0 Å². The molecule has 12 heteroatoms. The number of hydrogen-bond donors (Lipinski definition) is 9. The molecule has 0 amide bonds. The maximum Gasteiger partial charge on any atom is 0.336 e. The number of carbonyl (C=O) groups excluding carboxylic acids is 1. The van der Waals surface area contributed by atoms with Crippen molar-refractivity contribution in [1.29, 1.82) is 0 Å². The third-order valence-corrected chi connectivity index (χ3v) is 5.25. The number of esters is 1. The predicted molar refractivity (Wildman–Crippen MR) is 112 cm³/mol. The highest BCUT2D eigenvalue weighted by atomic mass is 16.5. The highest BCUT2D eigenvalue weighted by molar-refractivity contribution is 5.87. The molecule has 0 fully saturated rings.